The molecule has 0 bridgehead atoms. The molecule has 1 atom stereocenters. The Morgan fingerprint density at radius 1 is 1.52 bits per heavy atom. The summed E-state index contributed by atoms with van der Waals surface area (Å²) in [7, 11) is 0. The second-order valence-corrected chi connectivity index (χ2v) is 5.91. The number of nitrogens with two attached hydrogens (primary N) is 1. The molecule has 0 radical (unpaired) electrons. The Balaban J connectivity index is 1.68. The second-order valence-electron chi connectivity index (χ2n) is 5.05. The standard InChI is InChI=1S/C13H15BrN6O/c14-10-6-16-7-18-13(10)17-4-8-1-2-20-11(3-8)9(5-19-20)12(15)21/h5-8H,1-4H2,(H2,15,21)(H,16,17,18). The van der Waals surface area contributed by atoms with Crippen LogP contribution in [0, 0.1) is 5.92 Å². The first kappa shape index (κ1) is 14.0. The van der Waals surface area contributed by atoms with Gasteiger partial charge in [-0.3, -0.25) is 9.48 Å². The van der Waals surface area contributed by atoms with Crippen LogP contribution in [-0.4, -0.2) is 32.2 Å². The fourth-order valence-electron chi connectivity index (χ4n) is 2.56. The molecule has 0 spiro atoms. The van der Waals surface area contributed by atoms with Gasteiger partial charge in [0.1, 0.15) is 12.1 Å². The third kappa shape index (κ3) is 2.90. The zero-order valence-electron chi connectivity index (χ0n) is 11.3. The minimum absolute atomic E-state index is 0.411. The number of aromatic nitrogens is 4. The number of carbonyl (C=O) groups excluding carboxylic acids is 1. The number of aryl methyl sites for hydroxylation is 1. The number of rotatable bonds is 4. The summed E-state index contributed by atoms with van der Waals surface area (Å²) >= 11 is 3.41. The quantitative estimate of drug-likeness (QED) is 0.863. The van der Waals surface area contributed by atoms with Crippen molar-refractivity contribution in [1.29, 1.82) is 0 Å². The summed E-state index contributed by atoms with van der Waals surface area (Å²) in [5.74, 6) is 0.775. The van der Waals surface area contributed by atoms with Crippen LogP contribution >= 0.6 is 15.9 Å². The van der Waals surface area contributed by atoms with Crippen molar-refractivity contribution in [3.05, 3.63) is 34.5 Å². The maximum Gasteiger partial charge on any atom is 0.252 e. The van der Waals surface area contributed by atoms with E-state index in [9.17, 15) is 4.79 Å². The molecule has 2 aromatic rings. The summed E-state index contributed by atoms with van der Waals surface area (Å²) in [6.45, 7) is 1.58. The molecule has 0 saturated heterocycles. The number of halogens is 1. The van der Waals surface area contributed by atoms with Crippen LogP contribution in [0.15, 0.2) is 23.2 Å². The molecule has 0 saturated carbocycles. The summed E-state index contributed by atoms with van der Waals surface area (Å²) < 4.78 is 2.71. The van der Waals surface area contributed by atoms with Crippen LogP contribution in [0.25, 0.3) is 0 Å². The largest absolute Gasteiger partial charge is 0.369 e. The van der Waals surface area contributed by atoms with E-state index in [1.54, 1.807) is 12.4 Å². The minimum Gasteiger partial charge on any atom is -0.369 e. The van der Waals surface area contributed by atoms with Gasteiger partial charge in [0.25, 0.3) is 5.91 Å². The highest BCUT2D eigenvalue weighted by molar-refractivity contribution is 9.10. The summed E-state index contributed by atoms with van der Waals surface area (Å²) in [5.41, 5.74) is 6.84. The molecule has 1 amide bonds. The lowest BCUT2D eigenvalue weighted by molar-refractivity contribution is 0.0998. The van der Waals surface area contributed by atoms with Gasteiger partial charge in [-0.1, -0.05) is 0 Å². The van der Waals surface area contributed by atoms with Gasteiger partial charge in [-0.2, -0.15) is 5.10 Å². The molecule has 0 aliphatic carbocycles. The second kappa shape index (κ2) is 5.80. The summed E-state index contributed by atoms with van der Waals surface area (Å²) in [6, 6.07) is 0. The topological polar surface area (TPSA) is 98.7 Å². The van der Waals surface area contributed by atoms with Gasteiger partial charge in [0.2, 0.25) is 0 Å². The van der Waals surface area contributed by atoms with Crippen molar-refractivity contribution in [2.75, 3.05) is 11.9 Å². The van der Waals surface area contributed by atoms with Gasteiger partial charge in [-0.25, -0.2) is 9.97 Å². The number of carbonyl (C=O) groups is 1. The number of fused-ring (bicyclic) bond motifs is 1. The third-order valence-corrected chi connectivity index (χ3v) is 4.25. The van der Waals surface area contributed by atoms with Gasteiger partial charge < -0.3 is 11.1 Å². The predicted octanol–water partition coefficient (Wildman–Crippen LogP) is 1.21. The Morgan fingerprint density at radius 3 is 3.14 bits per heavy atom. The van der Waals surface area contributed by atoms with Crippen LogP contribution in [0.1, 0.15) is 22.5 Å². The van der Waals surface area contributed by atoms with E-state index >= 15 is 0 Å². The normalized spacial score (nSPS) is 17.3. The molecule has 8 heteroatoms. The zero-order chi connectivity index (χ0) is 14.8. The first-order chi connectivity index (χ1) is 10.1. The average molecular weight is 351 g/mol. The third-order valence-electron chi connectivity index (χ3n) is 3.67. The van der Waals surface area contributed by atoms with Crippen LogP contribution in [0.3, 0.4) is 0 Å². The van der Waals surface area contributed by atoms with E-state index in [2.05, 4.69) is 36.3 Å². The molecule has 110 valence electrons. The fraction of sp³-hybridized carbons (Fsp3) is 0.385. The van der Waals surface area contributed by atoms with E-state index in [0.717, 1.165) is 41.9 Å². The Kier molecular flexibility index (Phi) is 3.87. The van der Waals surface area contributed by atoms with Gasteiger partial charge in [0.15, 0.2) is 0 Å². The Bertz CT molecular complexity index is 670. The first-order valence-corrected chi connectivity index (χ1v) is 7.48. The van der Waals surface area contributed by atoms with Gasteiger partial charge in [-0.15, -0.1) is 0 Å². The molecular formula is C13H15BrN6O. The van der Waals surface area contributed by atoms with Crippen molar-refractivity contribution in [3.63, 3.8) is 0 Å². The number of hydrogen-bond acceptors (Lipinski definition) is 5. The van der Waals surface area contributed by atoms with Crippen molar-refractivity contribution in [3.8, 4) is 0 Å². The molecule has 0 fully saturated rings. The maximum atomic E-state index is 11.4. The number of primary amides is 1. The zero-order valence-corrected chi connectivity index (χ0v) is 12.9. The van der Waals surface area contributed by atoms with E-state index in [0.29, 0.717) is 11.5 Å². The van der Waals surface area contributed by atoms with Crippen molar-refractivity contribution >= 4 is 27.7 Å². The van der Waals surface area contributed by atoms with Crippen LogP contribution in [-0.2, 0) is 13.0 Å². The molecule has 3 heterocycles. The molecule has 21 heavy (non-hydrogen) atoms. The monoisotopic (exact) mass is 350 g/mol. The van der Waals surface area contributed by atoms with Gasteiger partial charge in [0.05, 0.1) is 21.9 Å². The Labute approximate surface area is 130 Å². The van der Waals surface area contributed by atoms with Crippen molar-refractivity contribution in [2.45, 2.75) is 19.4 Å². The molecule has 1 aliphatic heterocycles. The molecule has 3 N–H and O–H groups in total. The summed E-state index contributed by atoms with van der Waals surface area (Å²) in [4.78, 5) is 19.5. The first-order valence-electron chi connectivity index (χ1n) is 6.69. The molecule has 1 aliphatic rings. The van der Waals surface area contributed by atoms with Gasteiger partial charge >= 0.3 is 0 Å². The molecule has 3 rings (SSSR count). The van der Waals surface area contributed by atoms with E-state index in [4.69, 9.17) is 5.73 Å². The van der Waals surface area contributed by atoms with Gasteiger partial charge in [-0.05, 0) is 34.7 Å². The summed E-state index contributed by atoms with van der Waals surface area (Å²) in [5, 5.41) is 7.52. The van der Waals surface area contributed by atoms with Crippen molar-refractivity contribution in [1.82, 2.24) is 19.7 Å². The molecular weight excluding hydrogens is 336 g/mol. The van der Waals surface area contributed by atoms with Gasteiger partial charge in [0, 0.05) is 19.3 Å². The number of nitrogens with zero attached hydrogens (tertiary/aromatic N) is 4. The highest BCUT2D eigenvalue weighted by Gasteiger charge is 2.24. The summed E-state index contributed by atoms with van der Waals surface area (Å²) in [6.07, 6.45) is 6.57. The van der Waals surface area contributed by atoms with Crippen LogP contribution in [0.5, 0.6) is 0 Å². The van der Waals surface area contributed by atoms with E-state index < -0.39 is 5.91 Å². The van der Waals surface area contributed by atoms with Crippen LogP contribution in [0.4, 0.5) is 5.82 Å². The number of hydrogen-bond donors (Lipinski definition) is 2. The molecule has 0 aromatic carbocycles. The lowest BCUT2D eigenvalue weighted by Gasteiger charge is -2.24. The molecule has 7 nitrogen and oxygen atoms in total. The van der Waals surface area contributed by atoms with Crippen molar-refractivity contribution < 1.29 is 4.79 Å². The lowest BCUT2D eigenvalue weighted by Crippen LogP contribution is -2.27. The lowest BCUT2D eigenvalue weighted by atomic mass is 9.94. The molecule has 2 aromatic heterocycles. The Hall–Kier alpha value is -1.96. The SMILES string of the molecule is NC(=O)c1cnn2c1CC(CNc1ncncc1Br)CC2. The van der Waals surface area contributed by atoms with Crippen LogP contribution < -0.4 is 11.1 Å². The average Bonchev–Trinajstić information content (AvgIpc) is 2.89. The Morgan fingerprint density at radius 2 is 2.38 bits per heavy atom. The van der Waals surface area contributed by atoms with Crippen molar-refractivity contribution in [2.24, 2.45) is 11.7 Å². The van der Waals surface area contributed by atoms with E-state index in [1.807, 2.05) is 4.68 Å². The maximum absolute atomic E-state index is 11.4. The number of nitrogens with one attached hydrogen (secondary N) is 1. The highest BCUT2D eigenvalue weighted by Crippen LogP contribution is 2.24. The highest BCUT2D eigenvalue weighted by atomic mass is 79.9. The van der Waals surface area contributed by atoms with Crippen LogP contribution in [0.2, 0.25) is 0 Å². The predicted molar refractivity (Wildman–Crippen MR) is 80.8 cm³/mol. The number of anilines is 1. The van der Waals surface area contributed by atoms with E-state index in [-0.39, 0.29) is 0 Å². The van der Waals surface area contributed by atoms with E-state index in [1.165, 1.54) is 6.33 Å². The number of amides is 1. The fourth-order valence-corrected chi connectivity index (χ4v) is 2.92. The minimum atomic E-state index is -0.414. The molecule has 1 unspecified atom stereocenters. The smallest absolute Gasteiger partial charge is 0.252 e.